The Balaban J connectivity index is 1.41. The van der Waals surface area contributed by atoms with E-state index < -0.39 is 23.6 Å². The van der Waals surface area contributed by atoms with E-state index in [2.05, 4.69) is 25.8 Å². The first-order chi connectivity index (χ1) is 28.2. The van der Waals surface area contributed by atoms with Crippen molar-refractivity contribution in [2.75, 3.05) is 45.0 Å². The molecule has 0 saturated heterocycles. The van der Waals surface area contributed by atoms with Gasteiger partial charge in [-0.3, -0.25) is 39.2 Å². The number of carbonyl (C=O) groups is 4. The Kier molecular flexibility index (Phi) is 12.4. The molecule has 4 aromatic heterocycles. The fourth-order valence-corrected chi connectivity index (χ4v) is 6.75. The van der Waals surface area contributed by atoms with E-state index >= 15 is 0 Å². The molecule has 0 unspecified atom stereocenters. The standard InChI is InChI=1S/C40H49N13O6/c1-8-52-29(17-23(3)47-52)37(56)45-39-43-27-19-25(35(41)54)21-31(58-7)33(27)50(39)14-10-11-15-51-34-28(20-26(36(42)55)22-32(34)59-16-12-13-49(5)6)44-40(51)46-38(57)30-18-24(4)48-53(30)9-2/h10-11,17-22H,8-9,12-16H2,1-7H3,(H2,41,54)(H2,42,55)(H,43,45,56)(H,44,46,57). The molecule has 0 saturated carbocycles. The van der Waals surface area contributed by atoms with Crippen LogP contribution in [0.5, 0.6) is 11.5 Å². The summed E-state index contributed by atoms with van der Waals surface area (Å²) < 4.78 is 18.7. The van der Waals surface area contributed by atoms with Crippen LogP contribution in [0, 0.1) is 13.8 Å². The average Bonchev–Trinajstić information content (AvgIpc) is 3.96. The fourth-order valence-electron chi connectivity index (χ4n) is 6.75. The van der Waals surface area contributed by atoms with Crippen molar-refractivity contribution in [2.24, 2.45) is 11.5 Å². The molecule has 19 heteroatoms. The monoisotopic (exact) mass is 807 g/mol. The molecule has 0 spiro atoms. The number of methoxy groups -OCH3 is 1. The van der Waals surface area contributed by atoms with Crippen LogP contribution in [0.2, 0.25) is 0 Å². The third-order valence-electron chi connectivity index (χ3n) is 9.47. The van der Waals surface area contributed by atoms with Gasteiger partial charge in [-0.15, -0.1) is 0 Å². The van der Waals surface area contributed by atoms with Gasteiger partial charge >= 0.3 is 0 Å². The second-order valence-corrected chi connectivity index (χ2v) is 14.1. The van der Waals surface area contributed by atoms with Crippen molar-refractivity contribution >= 4 is 57.6 Å². The molecule has 59 heavy (non-hydrogen) atoms. The molecule has 6 N–H and O–H groups in total. The maximum Gasteiger partial charge on any atom is 0.276 e. The molecule has 4 amide bonds. The maximum absolute atomic E-state index is 13.7. The van der Waals surface area contributed by atoms with Crippen LogP contribution >= 0.6 is 0 Å². The molecule has 6 rings (SSSR count). The number of aromatic nitrogens is 8. The molecular formula is C40H49N13O6. The largest absolute Gasteiger partial charge is 0.494 e. The molecule has 310 valence electrons. The zero-order valence-electron chi connectivity index (χ0n) is 34.2. The Hall–Kier alpha value is -7.02. The average molecular weight is 808 g/mol. The van der Waals surface area contributed by atoms with Gasteiger partial charge in [-0.2, -0.15) is 10.2 Å². The molecule has 0 atom stereocenters. The molecule has 0 fully saturated rings. The normalized spacial score (nSPS) is 11.6. The van der Waals surface area contributed by atoms with Crippen molar-refractivity contribution in [3.63, 3.8) is 0 Å². The van der Waals surface area contributed by atoms with Gasteiger partial charge in [0.05, 0.1) is 36.1 Å². The highest BCUT2D eigenvalue weighted by atomic mass is 16.5. The second-order valence-electron chi connectivity index (χ2n) is 14.1. The number of imidazole rings is 2. The van der Waals surface area contributed by atoms with Gasteiger partial charge in [0.25, 0.3) is 11.8 Å². The number of nitrogens with one attached hydrogen (secondary N) is 2. The zero-order valence-corrected chi connectivity index (χ0v) is 34.2. The van der Waals surface area contributed by atoms with Gasteiger partial charge in [0.2, 0.25) is 23.7 Å². The summed E-state index contributed by atoms with van der Waals surface area (Å²) >= 11 is 0. The van der Waals surface area contributed by atoms with Crippen LogP contribution in [0.4, 0.5) is 11.9 Å². The molecule has 0 aliphatic rings. The molecular weight excluding hydrogens is 759 g/mol. The number of benzene rings is 2. The summed E-state index contributed by atoms with van der Waals surface area (Å²) in [6.07, 6.45) is 4.41. The number of amides is 4. The minimum Gasteiger partial charge on any atom is -0.494 e. The summed E-state index contributed by atoms with van der Waals surface area (Å²) in [5.41, 5.74) is 15.6. The Morgan fingerprint density at radius 3 is 1.61 bits per heavy atom. The molecule has 19 nitrogen and oxygen atoms in total. The van der Waals surface area contributed by atoms with Gasteiger partial charge in [0, 0.05) is 43.9 Å². The first-order valence-corrected chi connectivity index (χ1v) is 19.1. The minimum atomic E-state index is -0.665. The van der Waals surface area contributed by atoms with Crippen LogP contribution in [0.3, 0.4) is 0 Å². The second kappa shape index (κ2) is 17.6. The van der Waals surface area contributed by atoms with Gasteiger partial charge < -0.3 is 35.0 Å². The number of carbonyl (C=O) groups excluding carboxylic acids is 4. The fraction of sp³-hybridized carbons (Fsp3) is 0.350. The van der Waals surface area contributed by atoms with Crippen molar-refractivity contribution in [3.05, 3.63) is 82.5 Å². The van der Waals surface area contributed by atoms with Crippen LogP contribution in [-0.4, -0.2) is 102 Å². The van der Waals surface area contributed by atoms with Crippen molar-refractivity contribution in [3.8, 4) is 11.5 Å². The van der Waals surface area contributed by atoms with E-state index in [4.69, 9.17) is 25.9 Å². The summed E-state index contributed by atoms with van der Waals surface area (Å²) in [7, 11) is 5.40. The highest BCUT2D eigenvalue weighted by Gasteiger charge is 2.23. The molecule has 6 aromatic rings. The van der Waals surface area contributed by atoms with Gasteiger partial charge in [-0.1, -0.05) is 12.2 Å². The van der Waals surface area contributed by atoms with E-state index in [1.54, 1.807) is 49.7 Å². The molecule has 0 aliphatic carbocycles. The Labute approximate surface area is 339 Å². The van der Waals surface area contributed by atoms with Crippen molar-refractivity contribution in [2.45, 2.75) is 60.3 Å². The zero-order chi connectivity index (χ0) is 42.5. The van der Waals surface area contributed by atoms with E-state index in [9.17, 15) is 19.2 Å². The van der Waals surface area contributed by atoms with Gasteiger partial charge in [-0.05, 0) is 84.6 Å². The number of primary amides is 2. The molecule has 4 heterocycles. The lowest BCUT2D eigenvalue weighted by Gasteiger charge is -2.14. The number of fused-ring (bicyclic) bond motifs is 2. The van der Waals surface area contributed by atoms with Crippen LogP contribution < -0.4 is 31.6 Å². The third-order valence-corrected chi connectivity index (χ3v) is 9.47. The molecule has 0 radical (unpaired) electrons. The lowest BCUT2D eigenvalue weighted by molar-refractivity contribution is 0.0991. The summed E-state index contributed by atoms with van der Waals surface area (Å²) in [6.45, 7) is 9.80. The highest BCUT2D eigenvalue weighted by Crippen LogP contribution is 2.33. The van der Waals surface area contributed by atoms with E-state index in [0.29, 0.717) is 82.5 Å². The summed E-state index contributed by atoms with van der Waals surface area (Å²) in [5.74, 6) is -1.11. The summed E-state index contributed by atoms with van der Waals surface area (Å²) in [4.78, 5) is 63.5. The summed E-state index contributed by atoms with van der Waals surface area (Å²) in [6, 6.07) is 9.58. The number of anilines is 2. The number of allylic oxidation sites excluding steroid dienone is 2. The Bertz CT molecular complexity index is 2590. The van der Waals surface area contributed by atoms with Gasteiger partial charge in [-0.25, -0.2) is 9.97 Å². The van der Waals surface area contributed by atoms with Crippen LogP contribution in [0.25, 0.3) is 22.1 Å². The number of ether oxygens (including phenoxy) is 2. The lowest BCUT2D eigenvalue weighted by Crippen LogP contribution is -2.20. The predicted octanol–water partition coefficient (Wildman–Crippen LogP) is 3.73. The Morgan fingerprint density at radius 2 is 1.19 bits per heavy atom. The van der Waals surface area contributed by atoms with E-state index in [0.717, 1.165) is 6.54 Å². The van der Waals surface area contributed by atoms with Crippen molar-refractivity contribution in [1.29, 1.82) is 0 Å². The topological polar surface area (TPSA) is 237 Å². The number of rotatable bonds is 18. The lowest BCUT2D eigenvalue weighted by atomic mass is 10.1. The molecule has 0 aliphatic heterocycles. The van der Waals surface area contributed by atoms with Gasteiger partial charge in [0.15, 0.2) is 0 Å². The SMILES string of the molecule is CCn1nc(C)cc1C(=O)Nc1nc2cc(C(N)=O)cc(OC)c2n1CC=CCn1c(NC(=O)c2cc(C)nn2CC)nc2cc(C(N)=O)cc(OCCCN(C)C)c21. The number of hydrogen-bond donors (Lipinski definition) is 4. The number of aryl methyl sites for hydroxylation is 4. The maximum atomic E-state index is 13.7. The third kappa shape index (κ3) is 8.94. The van der Waals surface area contributed by atoms with Crippen molar-refractivity contribution < 1.29 is 28.7 Å². The molecule has 2 aromatic carbocycles. The van der Waals surface area contributed by atoms with Crippen LogP contribution in [-0.2, 0) is 26.2 Å². The smallest absolute Gasteiger partial charge is 0.276 e. The Morgan fingerprint density at radius 1 is 0.729 bits per heavy atom. The quantitative estimate of drug-likeness (QED) is 0.0721. The predicted molar refractivity (Wildman–Crippen MR) is 222 cm³/mol. The van der Waals surface area contributed by atoms with Crippen molar-refractivity contribution in [1.82, 2.24) is 43.6 Å². The van der Waals surface area contributed by atoms with E-state index in [-0.39, 0.29) is 36.1 Å². The minimum absolute atomic E-state index is 0.174. The number of nitrogens with zero attached hydrogens (tertiary/aromatic N) is 9. The van der Waals surface area contributed by atoms with Crippen LogP contribution in [0.1, 0.15) is 73.3 Å². The number of nitrogens with two attached hydrogens (primary N) is 2. The van der Waals surface area contributed by atoms with E-state index in [1.165, 1.54) is 19.2 Å². The highest BCUT2D eigenvalue weighted by molar-refractivity contribution is 6.05. The van der Waals surface area contributed by atoms with Crippen LogP contribution in [0.15, 0.2) is 48.6 Å². The first kappa shape index (κ1) is 41.6. The molecule has 0 bridgehead atoms. The summed E-state index contributed by atoms with van der Waals surface area (Å²) in [5, 5.41) is 14.7. The first-order valence-electron chi connectivity index (χ1n) is 19.1. The van der Waals surface area contributed by atoms with Gasteiger partial charge in [0.1, 0.15) is 33.9 Å². The number of hydrogen-bond acceptors (Lipinski definition) is 11. The van der Waals surface area contributed by atoms with E-state index in [1.807, 2.05) is 51.9 Å².